The Hall–Kier alpha value is -1.82. The molecule has 0 spiro atoms. The van der Waals surface area contributed by atoms with Crippen LogP contribution in [0.5, 0.6) is 0 Å². The van der Waals surface area contributed by atoms with Gasteiger partial charge in [0, 0.05) is 30.9 Å². The van der Waals surface area contributed by atoms with Crippen molar-refractivity contribution in [1.29, 1.82) is 0 Å². The molecule has 0 N–H and O–H groups in total. The summed E-state index contributed by atoms with van der Waals surface area (Å²) < 4.78 is 1.63. The number of hydrogen-bond acceptors (Lipinski definition) is 3. The zero-order valence-electron chi connectivity index (χ0n) is 12.7. The van der Waals surface area contributed by atoms with Crippen LogP contribution in [-0.4, -0.2) is 16.2 Å². The summed E-state index contributed by atoms with van der Waals surface area (Å²) in [5.74, 6) is 0. The van der Waals surface area contributed by atoms with Crippen molar-refractivity contribution in [3.05, 3.63) is 74.4 Å². The molecule has 2 aromatic heterocycles. The van der Waals surface area contributed by atoms with Gasteiger partial charge in [-0.25, -0.2) is 4.98 Å². The quantitative estimate of drug-likeness (QED) is 0.239. The Balaban J connectivity index is 1.81. The Bertz CT molecular complexity index is 1120. The first-order chi connectivity index (χ1) is 12.1. The fraction of sp³-hybridized carbons (Fsp3) is 0. The molecule has 0 amide bonds. The number of aromatic nitrogens is 2. The van der Waals surface area contributed by atoms with E-state index in [0.717, 1.165) is 42.1 Å². The lowest BCUT2D eigenvalue weighted by Crippen LogP contribution is -1.91. The number of benzene rings is 2. The molecule has 4 aromatic rings. The van der Waals surface area contributed by atoms with Gasteiger partial charge in [0.2, 0.25) is 0 Å². The van der Waals surface area contributed by atoms with Crippen LogP contribution in [0.15, 0.2) is 68.7 Å². The molecule has 0 bridgehead atoms. The van der Waals surface area contributed by atoms with Crippen molar-refractivity contribution in [3.63, 3.8) is 0 Å². The van der Waals surface area contributed by atoms with Crippen LogP contribution in [0.3, 0.4) is 0 Å². The maximum atomic E-state index is 6.03. The van der Waals surface area contributed by atoms with Gasteiger partial charge in [-0.1, -0.05) is 35.9 Å². The molecule has 122 valence electrons. The molecule has 25 heavy (non-hydrogen) atoms. The molecule has 0 radical (unpaired) electrons. The second-order valence-electron chi connectivity index (χ2n) is 5.42. The van der Waals surface area contributed by atoms with E-state index >= 15 is 0 Å². The molecular weight excluding hydrogens is 465 g/mol. The maximum Gasteiger partial charge on any atom is 0.0972 e. The van der Waals surface area contributed by atoms with Crippen LogP contribution in [0.1, 0.15) is 5.69 Å². The normalized spacial score (nSPS) is 11.6. The minimum absolute atomic E-state index is 0.638. The van der Waals surface area contributed by atoms with Gasteiger partial charge in [-0.2, -0.15) is 0 Å². The van der Waals surface area contributed by atoms with Crippen molar-refractivity contribution in [2.24, 2.45) is 4.99 Å². The highest BCUT2D eigenvalue weighted by Gasteiger charge is 2.06. The van der Waals surface area contributed by atoms with Crippen LogP contribution in [0, 0.1) is 0 Å². The number of fused-ring (bicyclic) bond motifs is 3. The van der Waals surface area contributed by atoms with E-state index in [1.54, 1.807) is 12.4 Å². The van der Waals surface area contributed by atoms with Gasteiger partial charge in [-0.15, -0.1) is 0 Å². The van der Waals surface area contributed by atoms with E-state index < -0.39 is 0 Å². The molecule has 0 saturated carbocycles. The first-order valence-electron chi connectivity index (χ1n) is 7.45. The highest BCUT2D eigenvalue weighted by Crippen LogP contribution is 2.36. The number of pyridine rings is 2. The monoisotopic (exact) mass is 473 g/mol. The van der Waals surface area contributed by atoms with Crippen LogP contribution in [0.2, 0.25) is 5.02 Å². The van der Waals surface area contributed by atoms with Crippen LogP contribution in [-0.2, 0) is 0 Å². The molecule has 0 unspecified atom stereocenters. The summed E-state index contributed by atoms with van der Waals surface area (Å²) in [6, 6.07) is 15.7. The summed E-state index contributed by atoms with van der Waals surface area (Å²) in [4.78, 5) is 13.7. The highest BCUT2D eigenvalue weighted by molar-refractivity contribution is 9.11. The van der Waals surface area contributed by atoms with E-state index in [9.17, 15) is 0 Å². The standard InChI is InChI=1S/C19H10Br2ClN3/c20-15-8-13(22)9-16(21)19(15)24-10-14-6-5-12-4-3-11-2-1-7-23-17(11)18(12)25-14/h1-10H/b24-10+. The van der Waals surface area contributed by atoms with Crippen LogP contribution in [0.4, 0.5) is 5.69 Å². The minimum atomic E-state index is 0.638. The molecule has 3 nitrogen and oxygen atoms in total. The van der Waals surface area contributed by atoms with E-state index in [-0.39, 0.29) is 0 Å². The molecule has 2 heterocycles. The van der Waals surface area contributed by atoms with E-state index in [1.165, 1.54) is 0 Å². The molecule has 4 rings (SSSR count). The van der Waals surface area contributed by atoms with Gasteiger partial charge in [0.1, 0.15) is 0 Å². The van der Waals surface area contributed by atoms with Crippen molar-refractivity contribution in [2.45, 2.75) is 0 Å². The second kappa shape index (κ2) is 6.83. The van der Waals surface area contributed by atoms with Crippen molar-refractivity contribution < 1.29 is 0 Å². The van der Waals surface area contributed by atoms with Gasteiger partial charge in [0.05, 0.1) is 28.6 Å². The summed E-state index contributed by atoms with van der Waals surface area (Å²) in [5, 5.41) is 2.76. The summed E-state index contributed by atoms with van der Waals surface area (Å²) in [6.45, 7) is 0. The molecule has 0 aliphatic rings. The average Bonchev–Trinajstić information content (AvgIpc) is 2.60. The molecule has 0 saturated heterocycles. The average molecular weight is 476 g/mol. The summed E-state index contributed by atoms with van der Waals surface area (Å²) in [5.41, 5.74) is 3.29. The zero-order valence-corrected chi connectivity index (χ0v) is 16.7. The number of rotatable bonds is 2. The van der Waals surface area contributed by atoms with Gasteiger partial charge < -0.3 is 0 Å². The highest BCUT2D eigenvalue weighted by atomic mass is 79.9. The molecule has 0 aliphatic carbocycles. The summed E-state index contributed by atoms with van der Waals surface area (Å²) >= 11 is 13.0. The van der Waals surface area contributed by atoms with Gasteiger partial charge >= 0.3 is 0 Å². The Kier molecular flexibility index (Phi) is 4.54. The number of nitrogens with zero attached hydrogens (tertiary/aromatic N) is 3. The lowest BCUT2D eigenvalue weighted by atomic mass is 10.1. The van der Waals surface area contributed by atoms with Gasteiger partial charge in [0.25, 0.3) is 0 Å². The Morgan fingerprint density at radius 1 is 0.920 bits per heavy atom. The fourth-order valence-corrected chi connectivity index (χ4v) is 4.47. The second-order valence-corrected chi connectivity index (χ2v) is 7.57. The van der Waals surface area contributed by atoms with E-state index in [0.29, 0.717) is 5.02 Å². The Morgan fingerprint density at radius 3 is 2.36 bits per heavy atom. The van der Waals surface area contributed by atoms with E-state index in [1.807, 2.05) is 36.4 Å². The Morgan fingerprint density at radius 2 is 1.60 bits per heavy atom. The third-order valence-electron chi connectivity index (χ3n) is 3.76. The van der Waals surface area contributed by atoms with Gasteiger partial charge in [0.15, 0.2) is 0 Å². The van der Waals surface area contributed by atoms with Crippen molar-refractivity contribution >= 4 is 77.2 Å². The molecule has 6 heteroatoms. The SMILES string of the molecule is Clc1cc(Br)c(/N=C/c2ccc3ccc4cccnc4c3n2)c(Br)c1. The first-order valence-corrected chi connectivity index (χ1v) is 9.41. The third kappa shape index (κ3) is 3.32. The minimum Gasteiger partial charge on any atom is -0.254 e. The molecule has 2 aromatic carbocycles. The van der Waals surface area contributed by atoms with Crippen molar-refractivity contribution in [3.8, 4) is 0 Å². The fourth-order valence-electron chi connectivity index (χ4n) is 2.60. The van der Waals surface area contributed by atoms with Crippen LogP contribution < -0.4 is 0 Å². The van der Waals surface area contributed by atoms with Crippen LogP contribution in [0.25, 0.3) is 21.8 Å². The van der Waals surface area contributed by atoms with Gasteiger partial charge in [-0.3, -0.25) is 9.98 Å². The topological polar surface area (TPSA) is 38.1 Å². The van der Waals surface area contributed by atoms with Crippen molar-refractivity contribution in [1.82, 2.24) is 9.97 Å². The van der Waals surface area contributed by atoms with Gasteiger partial charge in [-0.05, 0) is 56.1 Å². The predicted octanol–water partition coefficient (Wildman–Crippen LogP) is 6.71. The molecule has 0 aliphatic heterocycles. The molecule has 0 atom stereocenters. The molecule has 0 fully saturated rings. The largest absolute Gasteiger partial charge is 0.254 e. The first kappa shape index (κ1) is 16.6. The van der Waals surface area contributed by atoms with E-state index in [4.69, 9.17) is 16.6 Å². The lowest BCUT2D eigenvalue weighted by Gasteiger charge is -2.04. The lowest BCUT2D eigenvalue weighted by molar-refractivity contribution is 1.35. The summed E-state index contributed by atoms with van der Waals surface area (Å²) in [6.07, 6.45) is 3.52. The van der Waals surface area contributed by atoms with E-state index in [2.05, 4.69) is 54.0 Å². The maximum absolute atomic E-state index is 6.03. The zero-order chi connectivity index (χ0) is 17.4. The number of halogens is 3. The summed E-state index contributed by atoms with van der Waals surface area (Å²) in [7, 11) is 0. The number of hydrogen-bond donors (Lipinski definition) is 0. The molecular formula is C19H10Br2ClN3. The predicted molar refractivity (Wildman–Crippen MR) is 111 cm³/mol. The van der Waals surface area contributed by atoms with Crippen molar-refractivity contribution in [2.75, 3.05) is 0 Å². The smallest absolute Gasteiger partial charge is 0.0972 e. The number of aliphatic imine (C=N–C) groups is 1. The Labute approximate surface area is 166 Å². The third-order valence-corrected chi connectivity index (χ3v) is 5.19. The van der Waals surface area contributed by atoms with Crippen LogP contribution >= 0.6 is 43.5 Å².